The molecule has 1 aliphatic rings. The van der Waals surface area contributed by atoms with E-state index in [1.54, 1.807) is 7.05 Å². The first kappa shape index (κ1) is 11.9. The minimum Gasteiger partial charge on any atom is -0.480 e. The summed E-state index contributed by atoms with van der Waals surface area (Å²) in [5.74, 6) is -0.284. The van der Waals surface area contributed by atoms with Gasteiger partial charge in [0.1, 0.15) is 6.61 Å². The fraction of sp³-hybridized carbons (Fsp3) is 0.778. The molecule has 1 fully saturated rings. The van der Waals surface area contributed by atoms with Crippen LogP contribution in [0.1, 0.15) is 12.7 Å². The number of rotatable bonds is 5. The second-order valence-electron chi connectivity index (χ2n) is 4.47. The number of tetrazole rings is 1. The van der Waals surface area contributed by atoms with E-state index in [1.165, 1.54) is 4.80 Å². The third-order valence-corrected chi connectivity index (χ3v) is 2.58. The SMILES string of the molecule is Cn1nnc(CN2CC(C)(OCC(=O)O)C2)n1. The van der Waals surface area contributed by atoms with Crippen molar-refractivity contribution in [2.24, 2.45) is 7.05 Å². The molecule has 1 aromatic rings. The molecule has 0 bridgehead atoms. The van der Waals surface area contributed by atoms with Gasteiger partial charge < -0.3 is 9.84 Å². The Hall–Kier alpha value is -1.54. The molecule has 1 N–H and O–H groups in total. The second-order valence-corrected chi connectivity index (χ2v) is 4.47. The van der Waals surface area contributed by atoms with E-state index in [0.29, 0.717) is 25.5 Å². The van der Waals surface area contributed by atoms with E-state index in [1.807, 2.05) is 6.92 Å². The van der Waals surface area contributed by atoms with Crippen LogP contribution < -0.4 is 0 Å². The van der Waals surface area contributed by atoms with E-state index in [9.17, 15) is 4.79 Å². The lowest BCUT2D eigenvalue weighted by Crippen LogP contribution is -2.61. The van der Waals surface area contributed by atoms with Crippen molar-refractivity contribution >= 4 is 5.97 Å². The Morgan fingerprint density at radius 3 is 2.82 bits per heavy atom. The Morgan fingerprint density at radius 2 is 2.29 bits per heavy atom. The zero-order valence-electron chi connectivity index (χ0n) is 9.83. The molecule has 0 saturated carbocycles. The van der Waals surface area contributed by atoms with Gasteiger partial charge in [-0.15, -0.1) is 10.2 Å². The highest BCUT2D eigenvalue weighted by Gasteiger charge is 2.40. The van der Waals surface area contributed by atoms with Crippen LogP contribution in [0.2, 0.25) is 0 Å². The van der Waals surface area contributed by atoms with Crippen molar-refractivity contribution in [1.82, 2.24) is 25.1 Å². The molecule has 94 valence electrons. The number of ether oxygens (including phenoxy) is 1. The molecule has 2 heterocycles. The minimum atomic E-state index is -0.944. The summed E-state index contributed by atoms with van der Waals surface area (Å²) in [7, 11) is 1.71. The van der Waals surface area contributed by atoms with Crippen molar-refractivity contribution in [3.05, 3.63) is 5.82 Å². The molecule has 1 aromatic heterocycles. The number of carbonyl (C=O) groups is 1. The standard InChI is InChI=1S/C9H15N5O3/c1-9(17-4-8(15)16)5-14(6-9)3-7-10-12-13(2)11-7/h3-6H2,1-2H3,(H,15,16). The second kappa shape index (κ2) is 4.38. The molecule has 8 heteroatoms. The van der Waals surface area contributed by atoms with Gasteiger partial charge in [-0.1, -0.05) is 0 Å². The maximum absolute atomic E-state index is 10.4. The van der Waals surface area contributed by atoms with Gasteiger partial charge in [0, 0.05) is 13.1 Å². The molecule has 1 aliphatic heterocycles. The van der Waals surface area contributed by atoms with Gasteiger partial charge in [0.15, 0.2) is 5.82 Å². The van der Waals surface area contributed by atoms with Crippen molar-refractivity contribution in [2.75, 3.05) is 19.7 Å². The third-order valence-electron chi connectivity index (χ3n) is 2.58. The van der Waals surface area contributed by atoms with Gasteiger partial charge in [-0.3, -0.25) is 4.90 Å². The number of hydrogen-bond donors (Lipinski definition) is 1. The lowest BCUT2D eigenvalue weighted by atomic mass is 9.96. The molecule has 0 unspecified atom stereocenters. The largest absolute Gasteiger partial charge is 0.480 e. The predicted octanol–water partition coefficient (Wildman–Crippen LogP) is -1.11. The van der Waals surface area contributed by atoms with Gasteiger partial charge >= 0.3 is 5.97 Å². The van der Waals surface area contributed by atoms with Crippen LogP contribution in [0.15, 0.2) is 0 Å². The molecular formula is C9H15N5O3. The van der Waals surface area contributed by atoms with Crippen molar-refractivity contribution in [3.63, 3.8) is 0 Å². The number of likely N-dealkylation sites (tertiary alicyclic amines) is 1. The summed E-state index contributed by atoms with van der Waals surface area (Å²) in [5, 5.41) is 20.2. The van der Waals surface area contributed by atoms with Crippen LogP contribution in [0.5, 0.6) is 0 Å². The first-order chi connectivity index (χ1) is 7.97. The Morgan fingerprint density at radius 1 is 1.59 bits per heavy atom. The van der Waals surface area contributed by atoms with Gasteiger partial charge in [0.2, 0.25) is 0 Å². The summed E-state index contributed by atoms with van der Waals surface area (Å²) in [4.78, 5) is 13.9. The summed E-state index contributed by atoms with van der Waals surface area (Å²) in [5.41, 5.74) is -0.374. The van der Waals surface area contributed by atoms with E-state index in [2.05, 4.69) is 20.3 Å². The average molecular weight is 241 g/mol. The zero-order valence-corrected chi connectivity index (χ0v) is 9.83. The summed E-state index contributed by atoms with van der Waals surface area (Å²) in [6, 6.07) is 0. The predicted molar refractivity (Wildman–Crippen MR) is 56.1 cm³/mol. The first-order valence-corrected chi connectivity index (χ1v) is 5.28. The lowest BCUT2D eigenvalue weighted by Gasteiger charge is -2.46. The van der Waals surface area contributed by atoms with Crippen LogP contribution >= 0.6 is 0 Å². The van der Waals surface area contributed by atoms with Crippen molar-refractivity contribution in [3.8, 4) is 0 Å². The minimum absolute atomic E-state index is 0.256. The summed E-state index contributed by atoms with van der Waals surface area (Å²) in [6.07, 6.45) is 0. The Kier molecular flexibility index (Phi) is 3.07. The van der Waals surface area contributed by atoms with Crippen LogP contribution in [0.4, 0.5) is 0 Å². The number of aliphatic carboxylic acids is 1. The molecule has 0 amide bonds. The highest BCUT2D eigenvalue weighted by Crippen LogP contribution is 2.25. The van der Waals surface area contributed by atoms with E-state index in [-0.39, 0.29) is 12.2 Å². The van der Waals surface area contributed by atoms with Gasteiger partial charge in [-0.05, 0) is 12.1 Å². The first-order valence-electron chi connectivity index (χ1n) is 5.28. The third kappa shape index (κ3) is 2.98. The molecule has 17 heavy (non-hydrogen) atoms. The molecular weight excluding hydrogens is 226 g/mol. The monoisotopic (exact) mass is 241 g/mol. The fourth-order valence-corrected chi connectivity index (χ4v) is 1.93. The van der Waals surface area contributed by atoms with Crippen LogP contribution in [0.3, 0.4) is 0 Å². The topological polar surface area (TPSA) is 93.4 Å². The maximum atomic E-state index is 10.4. The van der Waals surface area contributed by atoms with Crippen molar-refractivity contribution in [1.29, 1.82) is 0 Å². The molecule has 8 nitrogen and oxygen atoms in total. The molecule has 0 atom stereocenters. The highest BCUT2D eigenvalue weighted by atomic mass is 16.5. The average Bonchev–Trinajstić information content (AvgIpc) is 2.59. The van der Waals surface area contributed by atoms with Gasteiger partial charge in [0.25, 0.3) is 0 Å². The van der Waals surface area contributed by atoms with Crippen molar-refractivity contribution < 1.29 is 14.6 Å². The van der Waals surface area contributed by atoms with Gasteiger partial charge in [-0.25, -0.2) is 4.79 Å². The maximum Gasteiger partial charge on any atom is 0.329 e. The lowest BCUT2D eigenvalue weighted by molar-refractivity contribution is -0.166. The zero-order chi connectivity index (χ0) is 12.5. The number of aromatic nitrogens is 4. The molecule has 1 saturated heterocycles. The van der Waals surface area contributed by atoms with Crippen molar-refractivity contribution in [2.45, 2.75) is 19.1 Å². The summed E-state index contributed by atoms with van der Waals surface area (Å²) in [6.45, 7) is 3.61. The van der Waals surface area contributed by atoms with Crippen LogP contribution in [-0.2, 0) is 23.1 Å². The van der Waals surface area contributed by atoms with E-state index in [0.717, 1.165) is 0 Å². The van der Waals surface area contributed by atoms with E-state index in [4.69, 9.17) is 9.84 Å². The molecule has 0 aliphatic carbocycles. The summed E-state index contributed by atoms with van der Waals surface area (Å²) >= 11 is 0. The van der Waals surface area contributed by atoms with Crippen LogP contribution in [0.25, 0.3) is 0 Å². The van der Waals surface area contributed by atoms with E-state index < -0.39 is 5.97 Å². The number of hydrogen-bond acceptors (Lipinski definition) is 6. The Labute approximate surface area is 98.2 Å². The molecule has 0 aromatic carbocycles. The highest BCUT2D eigenvalue weighted by molar-refractivity contribution is 5.68. The van der Waals surface area contributed by atoms with E-state index >= 15 is 0 Å². The summed E-state index contributed by atoms with van der Waals surface area (Å²) < 4.78 is 5.30. The van der Waals surface area contributed by atoms with Crippen LogP contribution in [0, 0.1) is 0 Å². The Balaban J connectivity index is 1.76. The number of carboxylic acids is 1. The number of carboxylic acid groups (broad SMARTS) is 1. The molecule has 0 radical (unpaired) electrons. The van der Waals surface area contributed by atoms with Crippen LogP contribution in [-0.4, -0.2) is 61.5 Å². The number of aryl methyl sites for hydroxylation is 1. The normalized spacial score (nSPS) is 18.9. The fourth-order valence-electron chi connectivity index (χ4n) is 1.93. The molecule has 2 rings (SSSR count). The van der Waals surface area contributed by atoms with Gasteiger partial charge in [-0.2, -0.15) is 4.80 Å². The molecule has 0 spiro atoms. The smallest absolute Gasteiger partial charge is 0.329 e. The Bertz CT molecular complexity index is 413. The quantitative estimate of drug-likeness (QED) is 0.698. The van der Waals surface area contributed by atoms with Gasteiger partial charge in [0.05, 0.1) is 19.2 Å². The number of nitrogens with zero attached hydrogens (tertiary/aromatic N) is 5.